The molecule has 1 rings (SSSR count). The highest BCUT2D eigenvalue weighted by atomic mass is 79.9. The second-order valence-corrected chi connectivity index (χ2v) is 4.11. The third-order valence-corrected chi connectivity index (χ3v) is 2.30. The van der Waals surface area contributed by atoms with E-state index in [-0.39, 0.29) is 5.56 Å². The lowest BCUT2D eigenvalue weighted by molar-refractivity contribution is -0.138. The Morgan fingerprint density at radius 2 is 2.06 bits per heavy atom. The number of carbonyl (C=O) groups excluding carboxylic acids is 1. The highest BCUT2D eigenvalue weighted by molar-refractivity contribution is 9.10. The van der Waals surface area contributed by atoms with Gasteiger partial charge in [-0.05, 0) is 25.1 Å². The third-order valence-electron chi connectivity index (χ3n) is 1.84. The van der Waals surface area contributed by atoms with Crippen LogP contribution in [0.1, 0.15) is 17.3 Å². The van der Waals surface area contributed by atoms with Crippen LogP contribution in [0.4, 0.5) is 4.39 Å². The number of benzene rings is 1. The van der Waals surface area contributed by atoms with E-state index >= 15 is 0 Å². The van der Waals surface area contributed by atoms with Gasteiger partial charge in [0, 0.05) is 10.0 Å². The van der Waals surface area contributed by atoms with E-state index in [0.717, 1.165) is 6.07 Å². The number of aliphatic carboxylic acids is 1. The normalized spacial score (nSPS) is 11.9. The lowest BCUT2D eigenvalue weighted by atomic mass is 10.2. The van der Waals surface area contributed by atoms with Crippen LogP contribution < -0.4 is 5.32 Å². The number of carboxylic acid groups (broad SMARTS) is 1. The van der Waals surface area contributed by atoms with E-state index in [9.17, 15) is 14.0 Å². The summed E-state index contributed by atoms with van der Waals surface area (Å²) < 4.78 is 13.4. The van der Waals surface area contributed by atoms with Crippen LogP contribution in [0.15, 0.2) is 22.7 Å². The first-order valence-corrected chi connectivity index (χ1v) is 5.19. The Hall–Kier alpha value is -1.43. The molecular weight excluding hydrogens is 281 g/mol. The predicted octanol–water partition coefficient (Wildman–Crippen LogP) is 1.79. The summed E-state index contributed by atoms with van der Waals surface area (Å²) >= 11 is 3.04. The molecule has 86 valence electrons. The summed E-state index contributed by atoms with van der Waals surface area (Å²) in [5.41, 5.74) is 0.0694. The summed E-state index contributed by atoms with van der Waals surface area (Å²) in [6.07, 6.45) is 0. The summed E-state index contributed by atoms with van der Waals surface area (Å²) in [5.74, 6) is -2.35. The summed E-state index contributed by atoms with van der Waals surface area (Å²) in [6.45, 7) is 1.33. The monoisotopic (exact) mass is 289 g/mol. The van der Waals surface area contributed by atoms with Crippen LogP contribution >= 0.6 is 15.9 Å². The number of carbonyl (C=O) groups is 2. The van der Waals surface area contributed by atoms with Crippen molar-refractivity contribution in [3.63, 3.8) is 0 Å². The van der Waals surface area contributed by atoms with Crippen LogP contribution in [0.3, 0.4) is 0 Å². The Balaban J connectivity index is 2.84. The highest BCUT2D eigenvalue weighted by Gasteiger charge is 2.15. The number of hydrogen-bond acceptors (Lipinski definition) is 2. The van der Waals surface area contributed by atoms with Crippen LogP contribution in [-0.2, 0) is 4.79 Å². The van der Waals surface area contributed by atoms with Crippen LogP contribution in [0.25, 0.3) is 0 Å². The first-order valence-electron chi connectivity index (χ1n) is 4.40. The molecule has 0 bridgehead atoms. The number of carboxylic acids is 1. The van der Waals surface area contributed by atoms with Crippen molar-refractivity contribution in [2.45, 2.75) is 13.0 Å². The van der Waals surface area contributed by atoms with Crippen LogP contribution in [0.2, 0.25) is 0 Å². The van der Waals surface area contributed by atoms with Crippen molar-refractivity contribution in [1.29, 1.82) is 0 Å². The molecule has 0 unspecified atom stereocenters. The summed E-state index contributed by atoms with van der Waals surface area (Å²) in [7, 11) is 0. The zero-order valence-corrected chi connectivity index (χ0v) is 9.92. The first-order chi connectivity index (χ1) is 7.40. The quantitative estimate of drug-likeness (QED) is 0.892. The van der Waals surface area contributed by atoms with Gasteiger partial charge in [0.05, 0.1) is 0 Å². The number of amides is 1. The lowest BCUT2D eigenvalue weighted by Gasteiger charge is -2.09. The maximum Gasteiger partial charge on any atom is 0.325 e. The second kappa shape index (κ2) is 5.07. The average molecular weight is 290 g/mol. The van der Waals surface area contributed by atoms with Gasteiger partial charge in [0.25, 0.3) is 5.91 Å². The van der Waals surface area contributed by atoms with Gasteiger partial charge in [0.15, 0.2) is 0 Å². The Bertz CT molecular complexity index is 416. The van der Waals surface area contributed by atoms with Crippen molar-refractivity contribution < 1.29 is 19.1 Å². The van der Waals surface area contributed by atoms with Gasteiger partial charge in [0.2, 0.25) is 0 Å². The molecule has 0 heterocycles. The van der Waals surface area contributed by atoms with Gasteiger partial charge in [-0.15, -0.1) is 0 Å². The van der Waals surface area contributed by atoms with Crippen molar-refractivity contribution in [1.82, 2.24) is 5.32 Å². The molecule has 1 atom stereocenters. The minimum Gasteiger partial charge on any atom is -0.480 e. The van der Waals surface area contributed by atoms with E-state index in [0.29, 0.717) is 4.47 Å². The number of halogens is 2. The SMILES string of the molecule is C[C@H](NC(=O)c1cc(F)cc(Br)c1)C(=O)O. The molecule has 1 amide bonds. The molecule has 0 saturated heterocycles. The molecule has 4 nitrogen and oxygen atoms in total. The van der Waals surface area contributed by atoms with E-state index in [1.54, 1.807) is 0 Å². The Kier molecular flexibility index (Phi) is 4.00. The Morgan fingerprint density at radius 1 is 1.44 bits per heavy atom. The molecular formula is C10H9BrFNO3. The number of rotatable bonds is 3. The van der Waals surface area contributed by atoms with Crippen LogP contribution in [-0.4, -0.2) is 23.0 Å². The van der Waals surface area contributed by atoms with Gasteiger partial charge in [0.1, 0.15) is 11.9 Å². The van der Waals surface area contributed by atoms with Crippen molar-refractivity contribution in [2.75, 3.05) is 0 Å². The molecule has 1 aromatic rings. The molecule has 0 saturated carbocycles. The maximum atomic E-state index is 13.0. The predicted molar refractivity (Wildman–Crippen MR) is 58.7 cm³/mol. The molecule has 0 spiro atoms. The number of hydrogen-bond donors (Lipinski definition) is 2. The van der Waals surface area contributed by atoms with Gasteiger partial charge in [-0.2, -0.15) is 0 Å². The first kappa shape index (κ1) is 12.6. The topological polar surface area (TPSA) is 66.4 Å². The van der Waals surface area contributed by atoms with Gasteiger partial charge in [-0.3, -0.25) is 9.59 Å². The van der Waals surface area contributed by atoms with Crippen molar-refractivity contribution in [3.05, 3.63) is 34.1 Å². The summed E-state index contributed by atoms with van der Waals surface area (Å²) in [6, 6.07) is 2.63. The van der Waals surface area contributed by atoms with Crippen molar-refractivity contribution in [3.8, 4) is 0 Å². The van der Waals surface area contributed by atoms with Crippen molar-refractivity contribution in [2.24, 2.45) is 0 Å². The standard InChI is InChI=1S/C10H9BrFNO3/c1-5(10(15)16)13-9(14)6-2-7(11)4-8(12)3-6/h2-5H,1H3,(H,13,14)(H,15,16)/t5-/m0/s1. The van der Waals surface area contributed by atoms with Gasteiger partial charge in [-0.1, -0.05) is 15.9 Å². The van der Waals surface area contributed by atoms with E-state index in [1.165, 1.54) is 19.1 Å². The van der Waals surface area contributed by atoms with Gasteiger partial charge >= 0.3 is 5.97 Å². The van der Waals surface area contributed by atoms with E-state index < -0.39 is 23.7 Å². The molecule has 0 aliphatic heterocycles. The van der Waals surface area contributed by atoms with Crippen molar-refractivity contribution >= 4 is 27.8 Å². The van der Waals surface area contributed by atoms with Crippen LogP contribution in [0.5, 0.6) is 0 Å². The average Bonchev–Trinajstić information content (AvgIpc) is 2.15. The minimum absolute atomic E-state index is 0.0694. The molecule has 0 radical (unpaired) electrons. The minimum atomic E-state index is -1.15. The fourth-order valence-electron chi connectivity index (χ4n) is 1.03. The fraction of sp³-hybridized carbons (Fsp3) is 0.200. The smallest absolute Gasteiger partial charge is 0.325 e. The molecule has 0 aliphatic carbocycles. The lowest BCUT2D eigenvalue weighted by Crippen LogP contribution is -2.38. The maximum absolute atomic E-state index is 13.0. The van der Waals surface area contributed by atoms with E-state index in [1.807, 2.05) is 0 Å². The van der Waals surface area contributed by atoms with Crippen LogP contribution in [0, 0.1) is 5.82 Å². The molecule has 2 N–H and O–H groups in total. The van der Waals surface area contributed by atoms with E-state index in [4.69, 9.17) is 5.11 Å². The summed E-state index contributed by atoms with van der Waals surface area (Å²) in [4.78, 5) is 22.0. The number of nitrogens with one attached hydrogen (secondary N) is 1. The van der Waals surface area contributed by atoms with E-state index in [2.05, 4.69) is 21.2 Å². The summed E-state index contributed by atoms with van der Waals surface area (Å²) in [5, 5.41) is 10.8. The third kappa shape index (κ3) is 3.30. The molecule has 1 aromatic carbocycles. The molecule has 16 heavy (non-hydrogen) atoms. The highest BCUT2D eigenvalue weighted by Crippen LogP contribution is 2.14. The molecule has 0 aliphatic rings. The Morgan fingerprint density at radius 3 is 2.56 bits per heavy atom. The zero-order valence-electron chi connectivity index (χ0n) is 8.33. The second-order valence-electron chi connectivity index (χ2n) is 3.19. The fourth-order valence-corrected chi connectivity index (χ4v) is 1.49. The molecule has 6 heteroatoms. The van der Waals surface area contributed by atoms with Gasteiger partial charge < -0.3 is 10.4 Å². The van der Waals surface area contributed by atoms with Gasteiger partial charge in [-0.25, -0.2) is 4.39 Å². The Labute approximate surface area is 99.6 Å². The molecule has 0 fully saturated rings. The zero-order chi connectivity index (χ0) is 12.3. The largest absolute Gasteiger partial charge is 0.480 e. The molecule has 0 aromatic heterocycles.